The standard InChI is InChI=1S/C16H20N6O2S.C7H8O3S/c1-16(2)12(22-14(23)11(17)15(22)25-16)13-18-19-20-21(13)8-9-4-6-10(24-3)7-5-9;1-6-2-4-7(5-3-6)11(8,9)10/h4-7,11-12,15H,8,17H2,1-3H3;2-5H,1H3,(H,8,9,10)/t11?,12?,15-;/m1./s1. The first-order chi connectivity index (χ1) is 16.9. The largest absolute Gasteiger partial charge is 0.497 e. The van der Waals surface area contributed by atoms with E-state index >= 15 is 0 Å². The lowest BCUT2D eigenvalue weighted by molar-refractivity contribution is -0.147. The van der Waals surface area contributed by atoms with E-state index < -0.39 is 16.2 Å². The minimum absolute atomic E-state index is 0.00126. The lowest BCUT2D eigenvalue weighted by Crippen LogP contribution is -2.65. The maximum atomic E-state index is 12.3. The van der Waals surface area contributed by atoms with E-state index in [0.29, 0.717) is 12.4 Å². The number of hydrogen-bond donors (Lipinski definition) is 2. The van der Waals surface area contributed by atoms with Gasteiger partial charge in [0.25, 0.3) is 10.1 Å². The average Bonchev–Trinajstić information content (AvgIpc) is 3.38. The third kappa shape index (κ3) is 5.09. The van der Waals surface area contributed by atoms with Gasteiger partial charge in [-0.25, -0.2) is 4.68 Å². The first-order valence-electron chi connectivity index (χ1n) is 11.1. The number of hydrogen-bond acceptors (Lipinski definition) is 9. The molecule has 2 aromatic carbocycles. The minimum Gasteiger partial charge on any atom is -0.497 e. The topological polar surface area (TPSA) is 154 Å². The van der Waals surface area contributed by atoms with Crippen LogP contribution >= 0.6 is 11.8 Å². The van der Waals surface area contributed by atoms with E-state index in [4.69, 9.17) is 15.0 Å². The van der Waals surface area contributed by atoms with Gasteiger partial charge >= 0.3 is 0 Å². The summed E-state index contributed by atoms with van der Waals surface area (Å²) in [6.07, 6.45) is 0. The molecule has 36 heavy (non-hydrogen) atoms. The number of carbonyl (C=O) groups excluding carboxylic acids is 1. The summed E-state index contributed by atoms with van der Waals surface area (Å²) < 4.78 is 36.3. The molecule has 1 amide bonds. The van der Waals surface area contributed by atoms with Crippen LogP contribution in [0.3, 0.4) is 0 Å². The molecule has 13 heteroatoms. The van der Waals surface area contributed by atoms with Crippen molar-refractivity contribution in [2.45, 2.75) is 54.4 Å². The fourth-order valence-electron chi connectivity index (χ4n) is 4.19. The molecule has 3 heterocycles. The molecular formula is C23H28N6O5S2. The van der Waals surface area contributed by atoms with E-state index in [-0.39, 0.29) is 27.0 Å². The van der Waals surface area contributed by atoms with Crippen LogP contribution in [-0.2, 0) is 21.5 Å². The Balaban J connectivity index is 0.000000233. The van der Waals surface area contributed by atoms with Crippen molar-refractivity contribution < 1.29 is 22.5 Å². The molecule has 3 N–H and O–H groups in total. The van der Waals surface area contributed by atoms with Crippen molar-refractivity contribution in [1.82, 2.24) is 25.1 Å². The summed E-state index contributed by atoms with van der Waals surface area (Å²) in [6.45, 7) is 6.58. The van der Waals surface area contributed by atoms with Crippen LogP contribution < -0.4 is 10.5 Å². The molecule has 0 radical (unpaired) electrons. The molecule has 2 saturated heterocycles. The quantitative estimate of drug-likeness (QED) is 0.368. The summed E-state index contributed by atoms with van der Waals surface area (Å²) in [5.74, 6) is 1.46. The van der Waals surface area contributed by atoms with Gasteiger partial charge in [0.2, 0.25) is 5.91 Å². The van der Waals surface area contributed by atoms with E-state index in [1.54, 1.807) is 35.7 Å². The number of aryl methyl sites for hydroxylation is 1. The zero-order chi connectivity index (χ0) is 26.3. The highest BCUT2D eigenvalue weighted by Gasteiger charge is 2.62. The smallest absolute Gasteiger partial charge is 0.294 e. The number of nitrogens with two attached hydrogens (primary N) is 1. The molecule has 1 aromatic heterocycles. The van der Waals surface area contributed by atoms with Gasteiger partial charge in [-0.05, 0) is 61.0 Å². The highest BCUT2D eigenvalue weighted by molar-refractivity contribution is 8.01. The molecule has 11 nitrogen and oxygen atoms in total. The van der Waals surface area contributed by atoms with E-state index in [1.165, 1.54) is 12.1 Å². The van der Waals surface area contributed by atoms with Crippen LogP contribution in [0.1, 0.15) is 36.8 Å². The summed E-state index contributed by atoms with van der Waals surface area (Å²) in [4.78, 5) is 14.0. The second kappa shape index (κ2) is 9.81. The average molecular weight is 533 g/mol. The van der Waals surface area contributed by atoms with Crippen molar-refractivity contribution in [3.05, 3.63) is 65.5 Å². The fraction of sp³-hybridized carbons (Fsp3) is 0.391. The van der Waals surface area contributed by atoms with Crippen LogP contribution in [0.5, 0.6) is 5.75 Å². The zero-order valence-corrected chi connectivity index (χ0v) is 21.9. The Bertz CT molecular complexity index is 1340. The minimum atomic E-state index is -4.02. The van der Waals surface area contributed by atoms with Crippen LogP contribution in [0.2, 0.25) is 0 Å². The lowest BCUT2D eigenvalue weighted by atomic mass is 9.95. The molecule has 5 rings (SSSR count). The van der Waals surface area contributed by atoms with Gasteiger partial charge in [0, 0.05) is 4.75 Å². The number of thioether (sulfide) groups is 1. The maximum absolute atomic E-state index is 12.3. The molecule has 0 aliphatic carbocycles. The monoisotopic (exact) mass is 532 g/mol. The van der Waals surface area contributed by atoms with Crippen molar-refractivity contribution >= 4 is 27.8 Å². The normalized spacial score (nSPS) is 22.3. The van der Waals surface area contributed by atoms with Gasteiger partial charge in [-0.15, -0.1) is 16.9 Å². The van der Waals surface area contributed by atoms with Gasteiger partial charge in [-0.1, -0.05) is 29.8 Å². The van der Waals surface area contributed by atoms with Crippen molar-refractivity contribution in [3.63, 3.8) is 0 Å². The van der Waals surface area contributed by atoms with Crippen LogP contribution in [0.15, 0.2) is 53.4 Å². The van der Waals surface area contributed by atoms with Gasteiger partial charge in [0.15, 0.2) is 5.82 Å². The summed E-state index contributed by atoms with van der Waals surface area (Å²) >= 11 is 1.71. The molecule has 3 aromatic rings. The van der Waals surface area contributed by atoms with Gasteiger partial charge in [-0.3, -0.25) is 9.35 Å². The predicted molar refractivity (Wildman–Crippen MR) is 134 cm³/mol. The van der Waals surface area contributed by atoms with Gasteiger partial charge in [-0.2, -0.15) is 8.42 Å². The molecule has 2 aliphatic rings. The summed E-state index contributed by atoms with van der Waals surface area (Å²) in [7, 11) is -2.38. The van der Waals surface area contributed by atoms with E-state index in [0.717, 1.165) is 16.9 Å². The Hall–Kier alpha value is -3.00. The Kier molecular flexibility index (Phi) is 7.10. The van der Waals surface area contributed by atoms with Crippen LogP contribution in [0.25, 0.3) is 0 Å². The summed E-state index contributed by atoms with van der Waals surface area (Å²) in [5.41, 5.74) is 7.96. The predicted octanol–water partition coefficient (Wildman–Crippen LogP) is 2.03. The molecule has 2 aliphatic heterocycles. The Labute approximate surface area is 213 Å². The highest BCUT2D eigenvalue weighted by atomic mass is 32.2. The molecule has 2 fully saturated rings. The number of β-lactam (4-membered cyclic amide) rings is 1. The number of rotatable bonds is 5. The summed E-state index contributed by atoms with van der Waals surface area (Å²) in [5, 5.41) is 12.2. The molecule has 192 valence electrons. The first kappa shape index (κ1) is 26.1. The number of fused-ring (bicyclic) bond motifs is 1. The number of tetrazole rings is 1. The van der Waals surface area contributed by atoms with E-state index in [9.17, 15) is 13.2 Å². The van der Waals surface area contributed by atoms with Crippen LogP contribution in [0, 0.1) is 6.92 Å². The van der Waals surface area contributed by atoms with Crippen molar-refractivity contribution in [3.8, 4) is 5.75 Å². The molecule has 3 atom stereocenters. The lowest BCUT2D eigenvalue weighted by Gasteiger charge is -2.42. The number of benzene rings is 2. The Morgan fingerprint density at radius 3 is 2.36 bits per heavy atom. The SMILES string of the molecule is COc1ccc(Cn2nnnc2C2N3C(=O)C(N)[C@H]3SC2(C)C)cc1.Cc1ccc(S(=O)(=O)O)cc1. The number of amides is 1. The van der Waals surface area contributed by atoms with Gasteiger partial charge in [0.1, 0.15) is 23.2 Å². The molecule has 0 saturated carbocycles. The molecular weight excluding hydrogens is 504 g/mol. The zero-order valence-electron chi connectivity index (χ0n) is 20.3. The second-order valence-corrected chi connectivity index (χ2v) is 12.3. The number of nitrogens with zero attached hydrogens (tertiary/aromatic N) is 5. The Morgan fingerprint density at radius 2 is 1.78 bits per heavy atom. The number of carbonyl (C=O) groups is 1. The van der Waals surface area contributed by atoms with E-state index in [2.05, 4.69) is 29.4 Å². The molecule has 2 unspecified atom stereocenters. The number of methoxy groups -OCH3 is 1. The maximum Gasteiger partial charge on any atom is 0.294 e. The number of aromatic nitrogens is 4. The van der Waals surface area contributed by atoms with Crippen LogP contribution in [-0.4, -0.2) is 67.3 Å². The number of ether oxygens (including phenoxy) is 1. The highest BCUT2D eigenvalue weighted by Crippen LogP contribution is 2.56. The third-order valence-electron chi connectivity index (χ3n) is 6.10. The third-order valence-corrected chi connectivity index (χ3v) is 8.56. The second-order valence-electron chi connectivity index (χ2n) is 9.12. The van der Waals surface area contributed by atoms with Gasteiger partial charge in [0.05, 0.1) is 18.6 Å². The van der Waals surface area contributed by atoms with Crippen molar-refractivity contribution in [2.24, 2.45) is 5.73 Å². The Morgan fingerprint density at radius 1 is 1.14 bits per heavy atom. The summed E-state index contributed by atoms with van der Waals surface area (Å²) in [6, 6.07) is 13.1. The fourth-order valence-corrected chi connectivity index (χ4v) is 6.25. The van der Waals surface area contributed by atoms with Gasteiger partial charge < -0.3 is 15.4 Å². The van der Waals surface area contributed by atoms with Crippen LogP contribution in [0.4, 0.5) is 0 Å². The molecule has 0 spiro atoms. The van der Waals surface area contributed by atoms with Crippen molar-refractivity contribution in [1.29, 1.82) is 0 Å². The first-order valence-corrected chi connectivity index (χ1v) is 13.4. The van der Waals surface area contributed by atoms with E-state index in [1.807, 2.05) is 36.1 Å². The van der Waals surface area contributed by atoms with Crippen molar-refractivity contribution in [2.75, 3.05) is 7.11 Å². The molecule has 0 bridgehead atoms.